The van der Waals surface area contributed by atoms with Crippen molar-refractivity contribution in [1.29, 1.82) is 0 Å². The Kier molecular flexibility index (Phi) is 6.82. The van der Waals surface area contributed by atoms with Crippen molar-refractivity contribution in [3.05, 3.63) is 41.6 Å². The first-order chi connectivity index (χ1) is 13.9. The van der Waals surface area contributed by atoms with E-state index >= 15 is 0 Å². The minimum absolute atomic E-state index is 0.100. The first kappa shape index (κ1) is 21.2. The standard InChI is InChI=1S/C22H29N3O4/c1-15(2)12-21(27)25-9-11-29-20(14-25)19-13-17(22(28)24(3)8-10-26)16-6-4-5-7-18(16)23-19/h4-7,13,15,20,26H,8-12,14H2,1-3H3. The first-order valence-corrected chi connectivity index (χ1v) is 10.1. The molecule has 7 nitrogen and oxygen atoms in total. The smallest absolute Gasteiger partial charge is 0.254 e. The molecule has 1 aliphatic rings. The average Bonchev–Trinajstić information content (AvgIpc) is 2.72. The highest BCUT2D eigenvalue weighted by Crippen LogP contribution is 2.27. The van der Waals surface area contributed by atoms with E-state index in [1.54, 1.807) is 13.1 Å². The molecule has 1 saturated heterocycles. The molecule has 1 fully saturated rings. The number of benzene rings is 1. The van der Waals surface area contributed by atoms with Gasteiger partial charge >= 0.3 is 0 Å². The summed E-state index contributed by atoms with van der Waals surface area (Å²) in [6.07, 6.45) is 0.132. The molecule has 1 N–H and O–H groups in total. The van der Waals surface area contributed by atoms with Gasteiger partial charge in [0.05, 0.1) is 36.5 Å². The molecule has 7 heteroatoms. The highest BCUT2D eigenvalue weighted by atomic mass is 16.5. The van der Waals surface area contributed by atoms with E-state index in [0.29, 0.717) is 48.8 Å². The number of likely N-dealkylation sites (N-methyl/N-ethyl adjacent to an activating group) is 1. The minimum Gasteiger partial charge on any atom is -0.395 e. The summed E-state index contributed by atoms with van der Waals surface area (Å²) in [5.41, 5.74) is 1.88. The number of aliphatic hydroxyl groups excluding tert-OH is 1. The Bertz CT molecular complexity index is 883. The lowest BCUT2D eigenvalue weighted by Gasteiger charge is -2.33. The molecule has 0 spiro atoms. The number of amides is 2. The number of nitrogens with zero attached hydrogens (tertiary/aromatic N) is 3. The second-order valence-corrected chi connectivity index (χ2v) is 7.86. The SMILES string of the molecule is CC(C)CC(=O)N1CCOC(c2cc(C(=O)N(C)CCO)c3ccccc3n2)C1. The van der Waals surface area contributed by atoms with E-state index in [9.17, 15) is 14.7 Å². The van der Waals surface area contributed by atoms with Crippen LogP contribution < -0.4 is 0 Å². The molecule has 0 aliphatic carbocycles. The highest BCUT2D eigenvalue weighted by Gasteiger charge is 2.28. The molecular formula is C22H29N3O4. The largest absolute Gasteiger partial charge is 0.395 e. The van der Waals surface area contributed by atoms with E-state index in [-0.39, 0.29) is 31.1 Å². The lowest BCUT2D eigenvalue weighted by atomic mass is 10.0. The van der Waals surface area contributed by atoms with Gasteiger partial charge in [-0.2, -0.15) is 0 Å². The fourth-order valence-corrected chi connectivity index (χ4v) is 3.53. The molecule has 29 heavy (non-hydrogen) atoms. The number of hydrogen-bond donors (Lipinski definition) is 1. The van der Waals surface area contributed by atoms with Gasteiger partial charge in [0.2, 0.25) is 5.91 Å². The molecule has 1 aliphatic heterocycles. The zero-order chi connectivity index (χ0) is 21.0. The third-order valence-corrected chi connectivity index (χ3v) is 5.08. The molecule has 0 bridgehead atoms. The summed E-state index contributed by atoms with van der Waals surface area (Å²) in [7, 11) is 1.66. The molecule has 1 aromatic heterocycles. The van der Waals surface area contributed by atoms with Gasteiger partial charge in [0, 0.05) is 31.9 Å². The zero-order valence-corrected chi connectivity index (χ0v) is 17.3. The van der Waals surface area contributed by atoms with Gasteiger partial charge in [-0.1, -0.05) is 32.0 Å². The fourth-order valence-electron chi connectivity index (χ4n) is 3.53. The Labute approximate surface area is 171 Å². The molecule has 1 atom stereocenters. The first-order valence-electron chi connectivity index (χ1n) is 10.1. The second kappa shape index (κ2) is 9.33. The fraction of sp³-hybridized carbons (Fsp3) is 0.500. The van der Waals surface area contributed by atoms with Crippen LogP contribution in [0.1, 0.15) is 42.4 Å². The summed E-state index contributed by atoms with van der Waals surface area (Å²) >= 11 is 0. The van der Waals surface area contributed by atoms with Gasteiger partial charge in [-0.3, -0.25) is 9.59 Å². The van der Waals surface area contributed by atoms with Crippen LogP contribution in [0.4, 0.5) is 0 Å². The number of rotatable bonds is 6. The van der Waals surface area contributed by atoms with Gasteiger partial charge in [-0.15, -0.1) is 0 Å². The van der Waals surface area contributed by atoms with E-state index in [0.717, 1.165) is 5.39 Å². The molecule has 0 saturated carbocycles. The molecule has 2 heterocycles. The van der Waals surface area contributed by atoms with Crippen molar-refractivity contribution in [1.82, 2.24) is 14.8 Å². The van der Waals surface area contributed by atoms with Crippen molar-refractivity contribution in [2.75, 3.05) is 39.9 Å². The molecule has 156 valence electrons. The van der Waals surface area contributed by atoms with Crippen LogP contribution in [0.2, 0.25) is 0 Å². The maximum Gasteiger partial charge on any atom is 0.254 e. The van der Waals surface area contributed by atoms with Gasteiger partial charge in [0.15, 0.2) is 0 Å². The van der Waals surface area contributed by atoms with E-state index < -0.39 is 0 Å². The number of carbonyl (C=O) groups is 2. The Morgan fingerprint density at radius 1 is 1.34 bits per heavy atom. The van der Waals surface area contributed by atoms with Gasteiger partial charge in [0.1, 0.15) is 6.10 Å². The monoisotopic (exact) mass is 399 g/mol. The predicted octanol–water partition coefficient (Wildman–Crippen LogP) is 2.25. The van der Waals surface area contributed by atoms with Crippen LogP contribution in [-0.4, -0.2) is 71.6 Å². The van der Waals surface area contributed by atoms with Gasteiger partial charge in [-0.25, -0.2) is 4.98 Å². The van der Waals surface area contributed by atoms with Crippen LogP contribution in [0.15, 0.2) is 30.3 Å². The van der Waals surface area contributed by atoms with Crippen molar-refractivity contribution >= 4 is 22.7 Å². The van der Waals surface area contributed by atoms with Crippen LogP contribution >= 0.6 is 0 Å². The van der Waals surface area contributed by atoms with Crippen LogP contribution in [0.3, 0.4) is 0 Å². The normalized spacial score (nSPS) is 17.0. The van der Waals surface area contributed by atoms with Crippen molar-refractivity contribution in [3.8, 4) is 0 Å². The molecule has 3 rings (SSSR count). The number of hydrogen-bond acceptors (Lipinski definition) is 5. The molecule has 2 amide bonds. The molecule has 2 aromatic rings. The topological polar surface area (TPSA) is 83.0 Å². The lowest BCUT2D eigenvalue weighted by Crippen LogP contribution is -2.42. The zero-order valence-electron chi connectivity index (χ0n) is 17.3. The molecule has 1 aromatic carbocycles. The quantitative estimate of drug-likeness (QED) is 0.806. The Morgan fingerprint density at radius 2 is 2.10 bits per heavy atom. The maximum atomic E-state index is 13.0. The van der Waals surface area contributed by atoms with Crippen molar-refractivity contribution < 1.29 is 19.4 Å². The average molecular weight is 399 g/mol. The predicted molar refractivity (Wildman–Crippen MR) is 111 cm³/mol. The van der Waals surface area contributed by atoms with Gasteiger partial charge in [-0.05, 0) is 18.1 Å². The summed E-state index contributed by atoms with van der Waals surface area (Å²) in [6.45, 7) is 5.65. The Balaban J connectivity index is 1.93. The Morgan fingerprint density at radius 3 is 2.83 bits per heavy atom. The van der Waals surface area contributed by atoms with Crippen LogP contribution in [-0.2, 0) is 9.53 Å². The van der Waals surface area contributed by atoms with Gasteiger partial charge < -0.3 is 19.6 Å². The number of morpholine rings is 1. The van der Waals surface area contributed by atoms with E-state index in [1.165, 1.54) is 4.90 Å². The number of pyridine rings is 1. The third-order valence-electron chi connectivity index (χ3n) is 5.08. The van der Waals surface area contributed by atoms with Gasteiger partial charge in [0.25, 0.3) is 5.91 Å². The number of para-hydroxylation sites is 1. The van der Waals surface area contributed by atoms with E-state index in [2.05, 4.69) is 0 Å². The summed E-state index contributed by atoms with van der Waals surface area (Å²) in [5, 5.41) is 9.94. The number of fused-ring (bicyclic) bond motifs is 1. The third kappa shape index (κ3) is 4.92. The number of carbonyl (C=O) groups excluding carboxylic acids is 2. The molecule has 0 radical (unpaired) electrons. The minimum atomic E-state index is -0.376. The van der Waals surface area contributed by atoms with Crippen LogP contribution in [0.25, 0.3) is 10.9 Å². The number of ether oxygens (including phenoxy) is 1. The van der Waals surface area contributed by atoms with E-state index in [1.807, 2.05) is 43.0 Å². The molecule has 1 unspecified atom stereocenters. The van der Waals surface area contributed by atoms with E-state index in [4.69, 9.17) is 9.72 Å². The lowest BCUT2D eigenvalue weighted by molar-refractivity contribution is -0.139. The van der Waals surface area contributed by atoms with Crippen LogP contribution in [0.5, 0.6) is 0 Å². The summed E-state index contributed by atoms with van der Waals surface area (Å²) < 4.78 is 5.92. The highest BCUT2D eigenvalue weighted by molar-refractivity contribution is 6.06. The maximum absolute atomic E-state index is 13.0. The summed E-state index contributed by atoms with van der Waals surface area (Å²) in [4.78, 5) is 33.5. The van der Waals surface area contributed by atoms with Crippen molar-refractivity contribution in [3.63, 3.8) is 0 Å². The molecular weight excluding hydrogens is 370 g/mol. The van der Waals surface area contributed by atoms with Crippen molar-refractivity contribution in [2.24, 2.45) is 5.92 Å². The second-order valence-electron chi connectivity index (χ2n) is 7.86. The number of aromatic nitrogens is 1. The Hall–Kier alpha value is -2.51. The number of aliphatic hydroxyl groups is 1. The summed E-state index contributed by atoms with van der Waals surface area (Å²) in [5.74, 6) is 0.240. The van der Waals surface area contributed by atoms with Crippen LogP contribution in [0, 0.1) is 5.92 Å². The summed E-state index contributed by atoms with van der Waals surface area (Å²) in [6, 6.07) is 9.25. The van der Waals surface area contributed by atoms with Crippen molar-refractivity contribution in [2.45, 2.75) is 26.4 Å².